The Morgan fingerprint density at radius 1 is 1.24 bits per heavy atom. The first-order valence-electron chi connectivity index (χ1n) is 7.38. The van der Waals surface area contributed by atoms with E-state index in [0.29, 0.717) is 12.5 Å². The van der Waals surface area contributed by atoms with E-state index in [1.165, 1.54) is 0 Å². The fraction of sp³-hybridized carbons (Fsp3) is 0.471. The minimum absolute atomic E-state index is 0.122. The molecule has 1 aromatic carbocycles. The summed E-state index contributed by atoms with van der Waals surface area (Å²) in [7, 11) is 0. The Morgan fingerprint density at radius 2 is 1.95 bits per heavy atom. The first kappa shape index (κ1) is 15.6. The van der Waals surface area contributed by atoms with Gasteiger partial charge in [-0.1, -0.05) is 32.0 Å². The van der Waals surface area contributed by atoms with Crippen LogP contribution in [0, 0.1) is 5.92 Å². The van der Waals surface area contributed by atoms with Crippen molar-refractivity contribution in [2.45, 2.75) is 39.8 Å². The van der Waals surface area contributed by atoms with Crippen LogP contribution in [0.4, 0.5) is 0 Å². The fourth-order valence-corrected chi connectivity index (χ4v) is 2.03. The molecule has 2 rings (SSSR count). The summed E-state index contributed by atoms with van der Waals surface area (Å²) >= 11 is 0. The number of carbonyl (C=O) groups excluding carboxylic acids is 1. The maximum atomic E-state index is 12.1. The number of amides is 1. The maximum absolute atomic E-state index is 12.1. The summed E-state index contributed by atoms with van der Waals surface area (Å²) in [6.07, 6.45) is -0.459. The second kappa shape index (κ2) is 6.76. The first-order valence-corrected chi connectivity index (χ1v) is 7.38. The molecular formula is C17H23NO3. The molecule has 1 aromatic heterocycles. The van der Waals surface area contributed by atoms with Crippen LogP contribution in [-0.2, 0) is 9.53 Å². The minimum Gasteiger partial charge on any atom is -0.459 e. The van der Waals surface area contributed by atoms with Crippen LogP contribution < -0.4 is 5.32 Å². The van der Waals surface area contributed by atoms with E-state index in [4.69, 9.17) is 9.15 Å². The van der Waals surface area contributed by atoms with Gasteiger partial charge >= 0.3 is 0 Å². The second-order valence-corrected chi connectivity index (χ2v) is 5.79. The van der Waals surface area contributed by atoms with Crippen molar-refractivity contribution >= 4 is 16.9 Å². The summed E-state index contributed by atoms with van der Waals surface area (Å²) in [6.45, 7) is 8.37. The van der Waals surface area contributed by atoms with Gasteiger partial charge in [-0.05, 0) is 31.9 Å². The largest absolute Gasteiger partial charge is 0.459 e. The van der Waals surface area contributed by atoms with Crippen LogP contribution in [0.3, 0.4) is 0 Å². The van der Waals surface area contributed by atoms with Crippen molar-refractivity contribution in [1.82, 2.24) is 5.32 Å². The van der Waals surface area contributed by atoms with Crippen LogP contribution in [0.25, 0.3) is 11.0 Å². The molecule has 0 aliphatic rings. The summed E-state index contributed by atoms with van der Waals surface area (Å²) in [5, 5.41) is 3.96. The molecule has 0 spiro atoms. The van der Waals surface area contributed by atoms with Gasteiger partial charge in [-0.25, -0.2) is 0 Å². The van der Waals surface area contributed by atoms with Gasteiger partial charge in [0.2, 0.25) is 5.91 Å². The third-order valence-corrected chi connectivity index (χ3v) is 3.28. The van der Waals surface area contributed by atoms with Gasteiger partial charge in [0, 0.05) is 12.0 Å². The monoisotopic (exact) mass is 289 g/mol. The van der Waals surface area contributed by atoms with Gasteiger partial charge in [-0.15, -0.1) is 0 Å². The van der Waals surface area contributed by atoms with Crippen molar-refractivity contribution < 1.29 is 13.9 Å². The first-order chi connectivity index (χ1) is 9.97. The number of para-hydroxylation sites is 1. The Balaban J connectivity index is 1.96. The molecule has 1 amide bonds. The molecule has 2 atom stereocenters. The lowest BCUT2D eigenvalue weighted by atomic mass is 10.2. The highest BCUT2D eigenvalue weighted by molar-refractivity contribution is 5.81. The van der Waals surface area contributed by atoms with E-state index in [0.717, 1.165) is 16.7 Å². The molecule has 0 unspecified atom stereocenters. The van der Waals surface area contributed by atoms with Crippen molar-refractivity contribution in [3.63, 3.8) is 0 Å². The van der Waals surface area contributed by atoms with E-state index in [-0.39, 0.29) is 11.9 Å². The van der Waals surface area contributed by atoms with Crippen LogP contribution in [-0.4, -0.2) is 18.6 Å². The predicted molar refractivity (Wildman–Crippen MR) is 83.0 cm³/mol. The molecule has 1 heterocycles. The van der Waals surface area contributed by atoms with E-state index in [2.05, 4.69) is 19.2 Å². The molecule has 0 saturated carbocycles. The summed E-state index contributed by atoms with van der Waals surface area (Å²) in [6, 6.07) is 9.58. The summed E-state index contributed by atoms with van der Waals surface area (Å²) in [5.41, 5.74) is 0.831. The minimum atomic E-state index is -0.459. The molecule has 0 aliphatic heterocycles. The van der Waals surface area contributed by atoms with Crippen molar-refractivity contribution in [3.05, 3.63) is 36.1 Å². The van der Waals surface area contributed by atoms with Crippen LogP contribution >= 0.6 is 0 Å². The lowest BCUT2D eigenvalue weighted by Gasteiger charge is -2.17. The molecule has 21 heavy (non-hydrogen) atoms. The topological polar surface area (TPSA) is 51.5 Å². The van der Waals surface area contributed by atoms with Crippen LogP contribution in [0.5, 0.6) is 0 Å². The van der Waals surface area contributed by atoms with Crippen molar-refractivity contribution in [1.29, 1.82) is 0 Å². The smallest absolute Gasteiger partial charge is 0.249 e. The van der Waals surface area contributed by atoms with E-state index >= 15 is 0 Å². The Labute approximate surface area is 125 Å². The van der Waals surface area contributed by atoms with Crippen LogP contribution in [0.1, 0.15) is 39.5 Å². The Kier molecular flexibility index (Phi) is 5.02. The summed E-state index contributed by atoms with van der Waals surface area (Å²) in [5.74, 6) is 1.04. The third kappa shape index (κ3) is 4.08. The van der Waals surface area contributed by atoms with Crippen LogP contribution in [0.2, 0.25) is 0 Å². The number of ether oxygens (including phenoxy) is 1. The van der Waals surface area contributed by atoms with E-state index < -0.39 is 6.10 Å². The number of hydrogen-bond acceptors (Lipinski definition) is 3. The number of benzene rings is 1. The average molecular weight is 289 g/mol. The lowest BCUT2D eigenvalue weighted by molar-refractivity contribution is -0.133. The van der Waals surface area contributed by atoms with Gasteiger partial charge in [0.1, 0.15) is 17.4 Å². The van der Waals surface area contributed by atoms with Gasteiger partial charge in [-0.3, -0.25) is 4.79 Å². The molecular weight excluding hydrogens is 266 g/mol. The van der Waals surface area contributed by atoms with Crippen LogP contribution in [0.15, 0.2) is 34.7 Å². The summed E-state index contributed by atoms with van der Waals surface area (Å²) in [4.78, 5) is 12.1. The van der Waals surface area contributed by atoms with Gasteiger partial charge in [-0.2, -0.15) is 0 Å². The van der Waals surface area contributed by atoms with Crippen molar-refractivity contribution in [2.24, 2.45) is 5.92 Å². The quantitative estimate of drug-likeness (QED) is 0.882. The molecule has 4 nitrogen and oxygen atoms in total. The molecule has 0 bridgehead atoms. The standard InChI is InChI=1S/C17H23NO3/c1-11(2)10-20-13(4)17(19)18-12(3)16-9-14-7-5-6-8-15(14)21-16/h5-9,11-13H,10H2,1-4H3,(H,18,19)/t12-,13-/m1/s1. The van der Waals surface area contributed by atoms with Gasteiger partial charge in [0.25, 0.3) is 0 Å². The normalized spacial score (nSPS) is 14.3. The zero-order valence-corrected chi connectivity index (χ0v) is 13.1. The lowest BCUT2D eigenvalue weighted by Crippen LogP contribution is -2.36. The number of fused-ring (bicyclic) bond motifs is 1. The van der Waals surface area contributed by atoms with Gasteiger partial charge in [0.05, 0.1) is 6.04 Å². The SMILES string of the molecule is CC(C)CO[C@H](C)C(=O)N[C@H](C)c1cc2ccccc2o1. The van der Waals surface area contributed by atoms with Gasteiger partial charge < -0.3 is 14.5 Å². The highest BCUT2D eigenvalue weighted by atomic mass is 16.5. The second-order valence-electron chi connectivity index (χ2n) is 5.79. The maximum Gasteiger partial charge on any atom is 0.249 e. The fourth-order valence-electron chi connectivity index (χ4n) is 2.03. The Hall–Kier alpha value is -1.81. The number of hydrogen-bond donors (Lipinski definition) is 1. The number of carbonyl (C=O) groups is 1. The number of nitrogens with one attached hydrogen (secondary N) is 1. The summed E-state index contributed by atoms with van der Waals surface area (Å²) < 4.78 is 11.3. The van der Waals surface area contributed by atoms with Crippen molar-refractivity contribution in [3.8, 4) is 0 Å². The Morgan fingerprint density at radius 3 is 2.62 bits per heavy atom. The zero-order valence-electron chi connectivity index (χ0n) is 13.1. The third-order valence-electron chi connectivity index (χ3n) is 3.28. The molecule has 2 aromatic rings. The molecule has 4 heteroatoms. The highest BCUT2D eigenvalue weighted by Gasteiger charge is 2.19. The molecule has 0 aliphatic carbocycles. The van der Waals surface area contributed by atoms with E-state index in [1.807, 2.05) is 37.3 Å². The van der Waals surface area contributed by atoms with Crippen molar-refractivity contribution in [2.75, 3.05) is 6.61 Å². The molecule has 0 saturated heterocycles. The molecule has 1 N–H and O–H groups in total. The van der Waals surface area contributed by atoms with Gasteiger partial charge in [0.15, 0.2) is 0 Å². The number of furan rings is 1. The average Bonchev–Trinajstić information content (AvgIpc) is 2.88. The van der Waals surface area contributed by atoms with E-state index in [9.17, 15) is 4.79 Å². The zero-order chi connectivity index (χ0) is 15.4. The highest BCUT2D eigenvalue weighted by Crippen LogP contribution is 2.23. The Bertz CT molecular complexity index is 570. The number of rotatable bonds is 6. The molecule has 0 radical (unpaired) electrons. The van der Waals surface area contributed by atoms with E-state index in [1.54, 1.807) is 6.92 Å². The molecule has 0 fully saturated rings. The molecule has 114 valence electrons. The predicted octanol–water partition coefficient (Wildman–Crippen LogP) is 3.67.